The predicted molar refractivity (Wildman–Crippen MR) is 77.8 cm³/mol. The standard InChI is InChI=1S/C15H20N2O3/c1-17-11-13(12-5-2-3-6-14(12)17)15(19)16-7-4-9-20-10-8-18/h2-3,5-6,11,18H,4,7-10H2,1H3,(H,16,19). The smallest absolute Gasteiger partial charge is 0.253 e. The minimum Gasteiger partial charge on any atom is -0.394 e. The van der Waals surface area contributed by atoms with Gasteiger partial charge in [0.1, 0.15) is 0 Å². The number of aromatic nitrogens is 1. The van der Waals surface area contributed by atoms with Gasteiger partial charge in [-0.05, 0) is 12.5 Å². The van der Waals surface area contributed by atoms with E-state index in [0.717, 1.165) is 17.3 Å². The van der Waals surface area contributed by atoms with Crippen LogP contribution in [0.25, 0.3) is 10.9 Å². The van der Waals surface area contributed by atoms with E-state index in [4.69, 9.17) is 9.84 Å². The van der Waals surface area contributed by atoms with Crippen molar-refractivity contribution in [3.63, 3.8) is 0 Å². The molecule has 5 nitrogen and oxygen atoms in total. The average molecular weight is 276 g/mol. The Morgan fingerprint density at radius 1 is 1.35 bits per heavy atom. The third kappa shape index (κ3) is 3.37. The molecule has 0 spiro atoms. The topological polar surface area (TPSA) is 63.5 Å². The van der Waals surface area contributed by atoms with E-state index in [-0.39, 0.29) is 12.5 Å². The monoisotopic (exact) mass is 276 g/mol. The maximum Gasteiger partial charge on any atom is 0.253 e. The van der Waals surface area contributed by atoms with E-state index in [2.05, 4.69) is 5.32 Å². The summed E-state index contributed by atoms with van der Waals surface area (Å²) in [5, 5.41) is 12.4. The van der Waals surface area contributed by atoms with Gasteiger partial charge >= 0.3 is 0 Å². The number of benzene rings is 1. The number of fused-ring (bicyclic) bond motifs is 1. The molecule has 0 atom stereocenters. The maximum atomic E-state index is 12.2. The lowest BCUT2D eigenvalue weighted by Crippen LogP contribution is -2.25. The summed E-state index contributed by atoms with van der Waals surface area (Å²) in [6.45, 7) is 1.48. The quantitative estimate of drug-likeness (QED) is 0.749. The molecule has 0 unspecified atom stereocenters. The van der Waals surface area contributed by atoms with Gasteiger partial charge < -0.3 is 19.7 Å². The molecule has 20 heavy (non-hydrogen) atoms. The molecule has 2 aromatic rings. The van der Waals surface area contributed by atoms with Gasteiger partial charge in [0.2, 0.25) is 0 Å². The van der Waals surface area contributed by atoms with Crippen LogP contribution in [0.5, 0.6) is 0 Å². The van der Waals surface area contributed by atoms with Gasteiger partial charge in [0.05, 0.1) is 18.8 Å². The molecule has 5 heteroatoms. The Bertz CT molecular complexity index is 578. The molecule has 2 N–H and O–H groups in total. The maximum absolute atomic E-state index is 12.2. The van der Waals surface area contributed by atoms with Crippen LogP contribution < -0.4 is 5.32 Å². The zero-order valence-electron chi connectivity index (χ0n) is 11.6. The van der Waals surface area contributed by atoms with E-state index in [9.17, 15) is 4.79 Å². The second kappa shape index (κ2) is 7.07. The lowest BCUT2D eigenvalue weighted by atomic mass is 10.1. The fraction of sp³-hybridized carbons (Fsp3) is 0.400. The number of hydrogen-bond donors (Lipinski definition) is 2. The predicted octanol–water partition coefficient (Wildman–Crippen LogP) is 1.31. The van der Waals surface area contributed by atoms with Gasteiger partial charge in [-0.25, -0.2) is 0 Å². The van der Waals surface area contributed by atoms with Crippen molar-refractivity contribution in [2.45, 2.75) is 6.42 Å². The zero-order valence-corrected chi connectivity index (χ0v) is 11.6. The lowest BCUT2D eigenvalue weighted by Gasteiger charge is -2.05. The van der Waals surface area contributed by atoms with Crippen molar-refractivity contribution >= 4 is 16.8 Å². The Labute approximate surface area is 118 Å². The number of nitrogens with one attached hydrogen (secondary N) is 1. The molecule has 0 radical (unpaired) electrons. The van der Waals surface area contributed by atoms with E-state index in [0.29, 0.717) is 25.3 Å². The Morgan fingerprint density at radius 3 is 2.95 bits per heavy atom. The molecule has 0 saturated heterocycles. The van der Waals surface area contributed by atoms with Gasteiger partial charge in [-0.1, -0.05) is 18.2 Å². The number of nitrogens with zero attached hydrogens (tertiary/aromatic N) is 1. The summed E-state index contributed by atoms with van der Waals surface area (Å²) in [4.78, 5) is 12.2. The summed E-state index contributed by atoms with van der Waals surface area (Å²) in [6, 6.07) is 7.84. The van der Waals surface area contributed by atoms with Crippen LogP contribution in [-0.2, 0) is 11.8 Å². The Balaban J connectivity index is 1.91. The molecular formula is C15H20N2O3. The van der Waals surface area contributed by atoms with Gasteiger partial charge in [-0.2, -0.15) is 0 Å². The summed E-state index contributed by atoms with van der Waals surface area (Å²) < 4.78 is 7.09. The number of carbonyl (C=O) groups is 1. The van der Waals surface area contributed by atoms with Gasteiger partial charge in [0.25, 0.3) is 5.91 Å². The van der Waals surface area contributed by atoms with Crippen molar-refractivity contribution < 1.29 is 14.6 Å². The minimum absolute atomic E-state index is 0.0301. The molecule has 0 aliphatic carbocycles. The van der Waals surface area contributed by atoms with E-state index in [1.807, 2.05) is 42.1 Å². The number of para-hydroxylation sites is 1. The fourth-order valence-corrected chi connectivity index (χ4v) is 2.16. The van der Waals surface area contributed by atoms with Crippen LogP contribution in [0.4, 0.5) is 0 Å². The van der Waals surface area contributed by atoms with Crippen molar-refractivity contribution in [1.29, 1.82) is 0 Å². The highest BCUT2D eigenvalue weighted by atomic mass is 16.5. The number of carbonyl (C=O) groups excluding carboxylic acids is 1. The summed E-state index contributed by atoms with van der Waals surface area (Å²) in [5.41, 5.74) is 1.74. The zero-order chi connectivity index (χ0) is 14.4. The number of aliphatic hydroxyl groups excluding tert-OH is 1. The molecule has 0 fully saturated rings. The van der Waals surface area contributed by atoms with E-state index in [1.54, 1.807) is 0 Å². The highest BCUT2D eigenvalue weighted by Gasteiger charge is 2.12. The molecule has 108 valence electrons. The molecule has 0 aliphatic rings. The van der Waals surface area contributed by atoms with Crippen LogP contribution in [0.1, 0.15) is 16.8 Å². The van der Waals surface area contributed by atoms with Gasteiger partial charge in [-0.3, -0.25) is 4.79 Å². The molecule has 1 aromatic carbocycles. The fourth-order valence-electron chi connectivity index (χ4n) is 2.16. The van der Waals surface area contributed by atoms with Crippen molar-refractivity contribution in [3.8, 4) is 0 Å². The SMILES string of the molecule is Cn1cc(C(=O)NCCCOCCO)c2ccccc21. The first-order chi connectivity index (χ1) is 9.74. The first-order valence-electron chi connectivity index (χ1n) is 6.75. The number of ether oxygens (including phenoxy) is 1. The number of rotatable bonds is 7. The molecule has 1 aromatic heterocycles. The molecule has 0 bridgehead atoms. The van der Waals surface area contributed by atoms with Crippen molar-refractivity contribution in [1.82, 2.24) is 9.88 Å². The van der Waals surface area contributed by atoms with Gasteiger partial charge in [0.15, 0.2) is 0 Å². The minimum atomic E-state index is -0.0658. The van der Waals surface area contributed by atoms with E-state index < -0.39 is 0 Å². The molecule has 0 aliphatic heterocycles. The largest absolute Gasteiger partial charge is 0.394 e. The molecule has 0 saturated carbocycles. The lowest BCUT2D eigenvalue weighted by molar-refractivity contribution is 0.0868. The van der Waals surface area contributed by atoms with Crippen molar-refractivity contribution in [2.75, 3.05) is 26.4 Å². The Kier molecular flexibility index (Phi) is 5.15. The van der Waals surface area contributed by atoms with E-state index >= 15 is 0 Å². The van der Waals surface area contributed by atoms with Crippen LogP contribution in [0.3, 0.4) is 0 Å². The Hall–Kier alpha value is -1.85. The summed E-state index contributed by atoms with van der Waals surface area (Å²) >= 11 is 0. The second-order valence-electron chi connectivity index (χ2n) is 4.62. The summed E-state index contributed by atoms with van der Waals surface area (Å²) in [5.74, 6) is -0.0658. The number of aliphatic hydroxyl groups is 1. The van der Waals surface area contributed by atoms with Crippen LogP contribution in [0.15, 0.2) is 30.5 Å². The van der Waals surface area contributed by atoms with Crippen molar-refractivity contribution in [3.05, 3.63) is 36.0 Å². The van der Waals surface area contributed by atoms with Crippen LogP contribution in [0.2, 0.25) is 0 Å². The average Bonchev–Trinajstić information content (AvgIpc) is 2.80. The van der Waals surface area contributed by atoms with Crippen LogP contribution in [-0.4, -0.2) is 41.9 Å². The third-order valence-corrected chi connectivity index (χ3v) is 3.13. The third-order valence-electron chi connectivity index (χ3n) is 3.13. The normalized spacial score (nSPS) is 10.9. The highest BCUT2D eigenvalue weighted by molar-refractivity contribution is 6.06. The van der Waals surface area contributed by atoms with E-state index in [1.165, 1.54) is 0 Å². The van der Waals surface area contributed by atoms with Crippen LogP contribution >= 0.6 is 0 Å². The number of aryl methyl sites for hydroxylation is 1. The molecular weight excluding hydrogens is 256 g/mol. The first-order valence-corrected chi connectivity index (χ1v) is 6.75. The number of amides is 1. The molecule has 1 heterocycles. The number of hydrogen-bond acceptors (Lipinski definition) is 3. The Morgan fingerprint density at radius 2 is 2.15 bits per heavy atom. The summed E-state index contributed by atoms with van der Waals surface area (Å²) in [6.07, 6.45) is 2.58. The van der Waals surface area contributed by atoms with Crippen LogP contribution in [0, 0.1) is 0 Å². The first kappa shape index (κ1) is 14.6. The highest BCUT2D eigenvalue weighted by Crippen LogP contribution is 2.19. The van der Waals surface area contributed by atoms with Gasteiger partial charge in [-0.15, -0.1) is 0 Å². The van der Waals surface area contributed by atoms with Crippen molar-refractivity contribution in [2.24, 2.45) is 7.05 Å². The second-order valence-corrected chi connectivity index (χ2v) is 4.62. The molecule has 1 amide bonds. The summed E-state index contributed by atoms with van der Waals surface area (Å²) in [7, 11) is 1.93. The molecule has 2 rings (SSSR count). The van der Waals surface area contributed by atoms with Gasteiger partial charge in [0, 0.05) is 37.3 Å².